The molecular formula is C8H9Cl2NO3S. The van der Waals surface area contributed by atoms with Crippen molar-refractivity contribution in [3.8, 4) is 0 Å². The molecule has 0 aliphatic carbocycles. The molecule has 0 bridgehead atoms. The van der Waals surface area contributed by atoms with Gasteiger partial charge in [-0.25, -0.2) is 0 Å². The van der Waals surface area contributed by atoms with E-state index in [4.69, 9.17) is 27.8 Å². The van der Waals surface area contributed by atoms with Gasteiger partial charge in [-0.1, -0.05) is 23.2 Å². The number of hydrogen-bond acceptors (Lipinski definition) is 3. The highest BCUT2D eigenvalue weighted by molar-refractivity contribution is 7.86. The molecule has 4 nitrogen and oxygen atoms in total. The summed E-state index contributed by atoms with van der Waals surface area (Å²) in [5.74, 6) is 0. The van der Waals surface area contributed by atoms with Crippen LogP contribution in [0.2, 0.25) is 10.0 Å². The van der Waals surface area contributed by atoms with Crippen LogP contribution < -0.4 is 5.32 Å². The molecule has 0 saturated heterocycles. The fourth-order valence-corrected chi connectivity index (χ4v) is 1.52. The summed E-state index contributed by atoms with van der Waals surface area (Å²) in [7, 11) is -4.14. The maximum absolute atomic E-state index is 10.7. The van der Waals surface area contributed by atoms with Crippen LogP contribution in [0.1, 0.15) is 6.92 Å². The first kappa shape index (κ1) is 12.6. The highest BCUT2D eigenvalue weighted by Gasteiger charge is 2.17. The van der Waals surface area contributed by atoms with Crippen molar-refractivity contribution in [1.29, 1.82) is 0 Å². The Balaban J connectivity index is 2.95. The first-order chi connectivity index (χ1) is 6.80. The molecule has 2 N–H and O–H groups in total. The molecule has 0 fully saturated rings. The summed E-state index contributed by atoms with van der Waals surface area (Å²) in [6.45, 7) is 1.30. The number of nitrogens with one attached hydrogen (secondary N) is 1. The van der Waals surface area contributed by atoms with E-state index >= 15 is 0 Å². The summed E-state index contributed by atoms with van der Waals surface area (Å²) >= 11 is 11.5. The van der Waals surface area contributed by atoms with Gasteiger partial charge >= 0.3 is 0 Å². The zero-order chi connectivity index (χ0) is 11.6. The van der Waals surface area contributed by atoms with Crippen molar-refractivity contribution in [2.24, 2.45) is 0 Å². The van der Waals surface area contributed by atoms with Crippen LogP contribution in [0.15, 0.2) is 18.2 Å². The van der Waals surface area contributed by atoms with Gasteiger partial charge in [0.15, 0.2) is 5.37 Å². The maximum atomic E-state index is 10.7. The van der Waals surface area contributed by atoms with E-state index in [0.717, 1.165) is 0 Å². The van der Waals surface area contributed by atoms with Gasteiger partial charge in [0.1, 0.15) is 0 Å². The summed E-state index contributed by atoms with van der Waals surface area (Å²) < 4.78 is 30.2. The van der Waals surface area contributed by atoms with Crippen molar-refractivity contribution in [3.05, 3.63) is 28.2 Å². The molecule has 0 saturated carbocycles. The lowest BCUT2D eigenvalue weighted by Gasteiger charge is -2.13. The van der Waals surface area contributed by atoms with Gasteiger partial charge in [-0.2, -0.15) is 8.42 Å². The van der Waals surface area contributed by atoms with Crippen LogP contribution in [0.4, 0.5) is 5.69 Å². The molecule has 1 rings (SSSR count). The molecule has 0 radical (unpaired) electrons. The number of anilines is 1. The monoisotopic (exact) mass is 269 g/mol. The highest BCUT2D eigenvalue weighted by atomic mass is 35.5. The van der Waals surface area contributed by atoms with Crippen LogP contribution in [-0.4, -0.2) is 18.3 Å². The van der Waals surface area contributed by atoms with Crippen molar-refractivity contribution in [2.75, 3.05) is 5.32 Å². The Kier molecular flexibility index (Phi) is 3.83. The van der Waals surface area contributed by atoms with Crippen LogP contribution in [0, 0.1) is 0 Å². The number of halogens is 2. The van der Waals surface area contributed by atoms with Crippen molar-refractivity contribution in [2.45, 2.75) is 12.3 Å². The lowest BCUT2D eigenvalue weighted by Crippen LogP contribution is -2.25. The molecule has 1 atom stereocenters. The summed E-state index contributed by atoms with van der Waals surface area (Å²) in [5.41, 5.74) is 0.356. The summed E-state index contributed by atoms with van der Waals surface area (Å²) in [6.07, 6.45) is 0. The molecule has 0 aliphatic rings. The normalized spacial score (nSPS) is 13.6. The third-order valence-corrected chi connectivity index (χ3v) is 3.31. The molecule has 0 aliphatic heterocycles. The molecule has 15 heavy (non-hydrogen) atoms. The van der Waals surface area contributed by atoms with Gasteiger partial charge in [-0.3, -0.25) is 4.55 Å². The van der Waals surface area contributed by atoms with E-state index in [9.17, 15) is 8.42 Å². The fraction of sp³-hybridized carbons (Fsp3) is 0.250. The van der Waals surface area contributed by atoms with Crippen LogP contribution in [0.5, 0.6) is 0 Å². The average molecular weight is 270 g/mol. The third-order valence-electron chi connectivity index (χ3n) is 1.73. The minimum Gasteiger partial charge on any atom is -0.366 e. The molecule has 0 amide bonds. The predicted molar refractivity (Wildman–Crippen MR) is 61.1 cm³/mol. The van der Waals surface area contributed by atoms with Crippen molar-refractivity contribution < 1.29 is 13.0 Å². The molecule has 84 valence electrons. The van der Waals surface area contributed by atoms with Gasteiger partial charge in [0.25, 0.3) is 10.1 Å². The molecule has 1 unspecified atom stereocenters. The van der Waals surface area contributed by atoms with E-state index in [1.807, 2.05) is 0 Å². The topological polar surface area (TPSA) is 66.4 Å². The Hall–Kier alpha value is -0.490. The Morgan fingerprint density at radius 3 is 2.53 bits per heavy atom. The van der Waals surface area contributed by atoms with Gasteiger partial charge in [-0.05, 0) is 25.1 Å². The van der Waals surface area contributed by atoms with Crippen LogP contribution in [-0.2, 0) is 10.1 Å². The first-order valence-electron chi connectivity index (χ1n) is 3.98. The summed E-state index contributed by atoms with van der Waals surface area (Å²) in [6, 6.07) is 4.59. The summed E-state index contributed by atoms with van der Waals surface area (Å²) in [4.78, 5) is 0. The molecule has 0 heterocycles. The van der Waals surface area contributed by atoms with Crippen molar-refractivity contribution in [1.82, 2.24) is 0 Å². The van der Waals surface area contributed by atoms with Gasteiger partial charge in [0.2, 0.25) is 0 Å². The highest BCUT2D eigenvalue weighted by Crippen LogP contribution is 2.26. The van der Waals surface area contributed by atoms with Gasteiger partial charge in [0.05, 0.1) is 10.7 Å². The maximum Gasteiger partial charge on any atom is 0.285 e. The summed E-state index contributed by atoms with van der Waals surface area (Å²) in [5, 5.41) is 2.14. The van der Waals surface area contributed by atoms with E-state index in [2.05, 4.69) is 5.32 Å². The third kappa shape index (κ3) is 3.53. The Morgan fingerprint density at radius 2 is 2.00 bits per heavy atom. The fourth-order valence-electron chi connectivity index (χ4n) is 0.902. The van der Waals surface area contributed by atoms with Crippen molar-refractivity contribution in [3.63, 3.8) is 0 Å². The first-order valence-corrected chi connectivity index (χ1v) is 6.24. The molecule has 0 spiro atoms. The zero-order valence-electron chi connectivity index (χ0n) is 7.74. The van der Waals surface area contributed by atoms with Crippen molar-refractivity contribution >= 4 is 39.0 Å². The van der Waals surface area contributed by atoms with Gasteiger partial charge in [-0.15, -0.1) is 0 Å². The minimum atomic E-state index is -4.14. The van der Waals surface area contributed by atoms with E-state index in [0.29, 0.717) is 15.7 Å². The predicted octanol–water partition coefficient (Wildman–Crippen LogP) is 2.64. The number of benzene rings is 1. The van der Waals surface area contributed by atoms with E-state index < -0.39 is 15.5 Å². The largest absolute Gasteiger partial charge is 0.366 e. The second kappa shape index (κ2) is 4.57. The van der Waals surface area contributed by atoms with E-state index in [1.54, 1.807) is 6.07 Å². The smallest absolute Gasteiger partial charge is 0.285 e. The van der Waals surface area contributed by atoms with Crippen LogP contribution >= 0.6 is 23.2 Å². The van der Waals surface area contributed by atoms with Gasteiger partial charge in [0, 0.05) is 5.02 Å². The number of rotatable bonds is 3. The molecule has 7 heteroatoms. The molecule has 0 aromatic heterocycles. The lowest BCUT2D eigenvalue weighted by molar-refractivity contribution is 0.475. The van der Waals surface area contributed by atoms with Gasteiger partial charge < -0.3 is 5.32 Å². The molecule has 1 aromatic carbocycles. The minimum absolute atomic E-state index is 0.329. The Bertz CT molecular complexity index is 461. The Morgan fingerprint density at radius 1 is 1.40 bits per heavy atom. The SMILES string of the molecule is CC(Nc1cc(Cl)ccc1Cl)S(=O)(=O)O. The zero-order valence-corrected chi connectivity index (χ0v) is 10.1. The van der Waals surface area contributed by atoms with E-state index in [-0.39, 0.29) is 0 Å². The second-order valence-electron chi connectivity index (χ2n) is 2.93. The molecule has 1 aromatic rings. The second-order valence-corrected chi connectivity index (χ2v) is 5.51. The standard InChI is InChI=1S/C8H9Cl2NO3S/c1-5(15(12,13)14)11-8-4-6(9)2-3-7(8)10/h2-5,11H,1H3,(H,12,13,14). The van der Waals surface area contributed by atoms with Crippen LogP contribution in [0.25, 0.3) is 0 Å². The quantitative estimate of drug-likeness (QED) is 0.828. The number of hydrogen-bond donors (Lipinski definition) is 2. The lowest BCUT2D eigenvalue weighted by atomic mass is 10.3. The van der Waals surface area contributed by atoms with E-state index in [1.165, 1.54) is 19.1 Å². The average Bonchev–Trinajstić information content (AvgIpc) is 2.09. The van der Waals surface area contributed by atoms with Crippen LogP contribution in [0.3, 0.4) is 0 Å². The Labute approximate surface area is 97.9 Å². The molecular weight excluding hydrogens is 261 g/mol.